The maximum absolute atomic E-state index is 12.6. The topological polar surface area (TPSA) is 49.8 Å². The third-order valence-corrected chi connectivity index (χ3v) is 5.05. The van der Waals surface area contributed by atoms with Crippen LogP contribution in [-0.4, -0.2) is 28.2 Å². The number of rotatable bonds is 3. The van der Waals surface area contributed by atoms with E-state index >= 15 is 0 Å². The predicted molar refractivity (Wildman–Crippen MR) is 96.0 cm³/mol. The monoisotopic (exact) mass is 335 g/mol. The van der Waals surface area contributed by atoms with Crippen LogP contribution in [0.4, 0.5) is 4.79 Å². The average Bonchev–Trinajstić information content (AvgIpc) is 2.91. The van der Waals surface area contributed by atoms with Gasteiger partial charge in [0, 0.05) is 6.04 Å². The Morgan fingerprint density at radius 3 is 2.56 bits per heavy atom. The SMILES string of the molecule is O=C(OCc1ccccc1)N1C2C=C(c3ccc(O)cc3)CC1CC2. The van der Waals surface area contributed by atoms with Crippen LogP contribution in [0.25, 0.3) is 5.57 Å². The summed E-state index contributed by atoms with van der Waals surface area (Å²) in [5, 5.41) is 9.45. The third-order valence-electron chi connectivity index (χ3n) is 5.05. The molecule has 1 saturated heterocycles. The molecule has 0 spiro atoms. The van der Waals surface area contributed by atoms with E-state index in [9.17, 15) is 9.90 Å². The lowest BCUT2D eigenvalue weighted by Gasteiger charge is -2.33. The van der Waals surface area contributed by atoms with Crippen molar-refractivity contribution in [3.8, 4) is 5.75 Å². The molecule has 128 valence electrons. The van der Waals surface area contributed by atoms with Gasteiger partial charge in [0.2, 0.25) is 0 Å². The van der Waals surface area contributed by atoms with Gasteiger partial charge in [0.1, 0.15) is 12.4 Å². The van der Waals surface area contributed by atoms with Crippen molar-refractivity contribution < 1.29 is 14.6 Å². The van der Waals surface area contributed by atoms with Crippen LogP contribution in [-0.2, 0) is 11.3 Å². The number of phenolic OH excluding ortho intramolecular Hbond substituents is 1. The summed E-state index contributed by atoms with van der Waals surface area (Å²) in [5.74, 6) is 0.272. The van der Waals surface area contributed by atoms with Crippen LogP contribution in [0.5, 0.6) is 5.75 Å². The Bertz CT molecular complexity index is 783. The van der Waals surface area contributed by atoms with E-state index in [-0.39, 0.29) is 23.9 Å². The zero-order valence-corrected chi connectivity index (χ0v) is 14.0. The molecule has 2 aromatic rings. The van der Waals surface area contributed by atoms with Gasteiger partial charge in [-0.1, -0.05) is 48.5 Å². The van der Waals surface area contributed by atoms with Gasteiger partial charge in [-0.2, -0.15) is 0 Å². The highest BCUT2D eigenvalue weighted by molar-refractivity contribution is 5.75. The highest BCUT2D eigenvalue weighted by Gasteiger charge is 2.40. The normalized spacial score (nSPS) is 21.8. The van der Waals surface area contributed by atoms with Crippen LogP contribution in [0.2, 0.25) is 0 Å². The molecule has 2 aromatic carbocycles. The molecule has 1 fully saturated rings. The number of ether oxygens (including phenoxy) is 1. The van der Waals surface area contributed by atoms with Crippen molar-refractivity contribution >= 4 is 11.7 Å². The Hall–Kier alpha value is -2.75. The number of hydrogen-bond acceptors (Lipinski definition) is 3. The third kappa shape index (κ3) is 3.25. The number of carbonyl (C=O) groups is 1. The highest BCUT2D eigenvalue weighted by Crippen LogP contribution is 2.39. The minimum Gasteiger partial charge on any atom is -0.508 e. The molecular formula is C21H21NO3. The van der Waals surface area contributed by atoms with Crippen LogP contribution >= 0.6 is 0 Å². The van der Waals surface area contributed by atoms with Crippen molar-refractivity contribution in [1.29, 1.82) is 0 Å². The van der Waals surface area contributed by atoms with Crippen molar-refractivity contribution in [1.82, 2.24) is 4.90 Å². The first-order valence-corrected chi connectivity index (χ1v) is 8.70. The summed E-state index contributed by atoms with van der Waals surface area (Å²) < 4.78 is 5.53. The Kier molecular flexibility index (Phi) is 4.18. The first-order chi connectivity index (χ1) is 12.2. The van der Waals surface area contributed by atoms with Crippen molar-refractivity contribution in [2.75, 3.05) is 0 Å². The number of phenols is 1. The van der Waals surface area contributed by atoms with Gasteiger partial charge in [0.25, 0.3) is 0 Å². The molecule has 4 rings (SSSR count). The molecular weight excluding hydrogens is 314 g/mol. The lowest BCUT2D eigenvalue weighted by molar-refractivity contribution is 0.0832. The Morgan fingerprint density at radius 2 is 1.84 bits per heavy atom. The number of amides is 1. The van der Waals surface area contributed by atoms with Gasteiger partial charge in [0.15, 0.2) is 0 Å². The number of fused-ring (bicyclic) bond motifs is 2. The molecule has 1 amide bonds. The molecule has 2 aliphatic rings. The fraction of sp³-hybridized carbons (Fsp3) is 0.286. The first-order valence-electron chi connectivity index (χ1n) is 8.70. The minimum absolute atomic E-state index is 0.103. The van der Waals surface area contributed by atoms with E-state index in [0.717, 1.165) is 30.4 Å². The van der Waals surface area contributed by atoms with Crippen molar-refractivity contribution in [3.63, 3.8) is 0 Å². The maximum atomic E-state index is 12.6. The molecule has 2 bridgehead atoms. The van der Waals surface area contributed by atoms with Crippen LogP contribution < -0.4 is 0 Å². The molecule has 4 heteroatoms. The molecule has 0 saturated carbocycles. The second kappa shape index (κ2) is 6.63. The molecule has 0 radical (unpaired) electrons. The van der Waals surface area contributed by atoms with E-state index in [0.29, 0.717) is 6.61 Å². The van der Waals surface area contributed by atoms with Crippen molar-refractivity contribution in [2.45, 2.75) is 38.0 Å². The number of nitrogens with zero attached hydrogens (tertiary/aromatic N) is 1. The van der Waals surface area contributed by atoms with Crippen LogP contribution in [0, 0.1) is 0 Å². The van der Waals surface area contributed by atoms with Gasteiger partial charge in [-0.3, -0.25) is 4.90 Å². The van der Waals surface area contributed by atoms with Crippen molar-refractivity contribution in [2.24, 2.45) is 0 Å². The van der Waals surface area contributed by atoms with Gasteiger partial charge in [0.05, 0.1) is 6.04 Å². The standard InChI is InChI=1S/C21H21NO3/c23-20-10-6-16(7-11-20)17-12-18-8-9-19(13-17)22(18)21(24)25-14-15-4-2-1-3-5-15/h1-7,10-12,18-19,23H,8-9,13-14H2. The van der Waals surface area contributed by atoms with Gasteiger partial charge in [-0.05, 0) is 48.1 Å². The van der Waals surface area contributed by atoms with Crippen LogP contribution in [0.15, 0.2) is 60.7 Å². The summed E-state index contributed by atoms with van der Waals surface area (Å²) in [6, 6.07) is 17.3. The second-order valence-corrected chi connectivity index (χ2v) is 6.69. The Morgan fingerprint density at radius 1 is 1.08 bits per heavy atom. The number of hydrogen-bond donors (Lipinski definition) is 1. The summed E-state index contributed by atoms with van der Waals surface area (Å²) in [7, 11) is 0. The largest absolute Gasteiger partial charge is 0.508 e. The molecule has 0 aliphatic carbocycles. The summed E-state index contributed by atoms with van der Waals surface area (Å²) in [6.45, 7) is 0.310. The van der Waals surface area contributed by atoms with E-state index in [1.54, 1.807) is 12.1 Å². The van der Waals surface area contributed by atoms with Gasteiger partial charge in [-0.25, -0.2) is 4.79 Å². The quantitative estimate of drug-likeness (QED) is 0.907. The molecule has 4 nitrogen and oxygen atoms in total. The second-order valence-electron chi connectivity index (χ2n) is 6.69. The molecule has 2 unspecified atom stereocenters. The van der Waals surface area contributed by atoms with Gasteiger partial charge in [-0.15, -0.1) is 0 Å². The summed E-state index contributed by atoms with van der Waals surface area (Å²) in [5.41, 5.74) is 3.37. The van der Waals surface area contributed by atoms with E-state index in [4.69, 9.17) is 4.74 Å². The predicted octanol–water partition coefficient (Wildman–Crippen LogP) is 4.35. The van der Waals surface area contributed by atoms with E-state index in [1.165, 1.54) is 5.57 Å². The minimum atomic E-state index is -0.225. The number of carbonyl (C=O) groups excluding carboxylic acids is 1. The lowest BCUT2D eigenvalue weighted by atomic mass is 9.95. The number of benzene rings is 2. The summed E-state index contributed by atoms with van der Waals surface area (Å²) in [4.78, 5) is 14.5. The summed E-state index contributed by atoms with van der Waals surface area (Å²) >= 11 is 0. The Balaban J connectivity index is 1.46. The smallest absolute Gasteiger partial charge is 0.410 e. The number of aromatic hydroxyl groups is 1. The molecule has 25 heavy (non-hydrogen) atoms. The molecule has 2 heterocycles. The highest BCUT2D eigenvalue weighted by atomic mass is 16.6. The fourth-order valence-electron chi connectivity index (χ4n) is 3.80. The zero-order chi connectivity index (χ0) is 17.2. The maximum Gasteiger partial charge on any atom is 0.410 e. The van der Waals surface area contributed by atoms with E-state index < -0.39 is 0 Å². The lowest BCUT2D eigenvalue weighted by Crippen LogP contribution is -2.43. The fourth-order valence-corrected chi connectivity index (χ4v) is 3.80. The van der Waals surface area contributed by atoms with Gasteiger partial charge >= 0.3 is 6.09 Å². The van der Waals surface area contributed by atoms with Crippen LogP contribution in [0.3, 0.4) is 0 Å². The van der Waals surface area contributed by atoms with Crippen LogP contribution in [0.1, 0.15) is 30.4 Å². The molecule has 1 N–H and O–H groups in total. The molecule has 2 aliphatic heterocycles. The Labute approximate surface area is 147 Å². The van der Waals surface area contributed by atoms with E-state index in [1.807, 2.05) is 47.4 Å². The summed E-state index contributed by atoms with van der Waals surface area (Å²) in [6.07, 6.45) is 4.77. The van der Waals surface area contributed by atoms with E-state index in [2.05, 4.69) is 6.08 Å². The first kappa shape index (κ1) is 15.8. The van der Waals surface area contributed by atoms with Gasteiger partial charge < -0.3 is 9.84 Å². The van der Waals surface area contributed by atoms with Crippen molar-refractivity contribution in [3.05, 3.63) is 71.8 Å². The molecule has 2 atom stereocenters. The molecule has 0 aromatic heterocycles. The average molecular weight is 335 g/mol. The zero-order valence-electron chi connectivity index (χ0n) is 14.0.